The van der Waals surface area contributed by atoms with Gasteiger partial charge >= 0.3 is 0 Å². The molecule has 0 fully saturated rings. The van der Waals surface area contributed by atoms with E-state index >= 15 is 0 Å². The van der Waals surface area contributed by atoms with E-state index in [0.717, 1.165) is 8.66 Å². The summed E-state index contributed by atoms with van der Waals surface area (Å²) in [5, 5.41) is 2.69. The normalized spacial score (nSPS) is 9.08. The van der Waals surface area contributed by atoms with Crippen molar-refractivity contribution in [1.82, 2.24) is 5.32 Å². The Kier molecular flexibility index (Phi) is 6.32. The van der Waals surface area contributed by atoms with E-state index in [1.165, 1.54) is 0 Å². The average molecular weight is 286 g/mol. The number of carbonyl (C=O) groups is 1. The highest BCUT2D eigenvalue weighted by atomic mass is 79.9. The summed E-state index contributed by atoms with van der Waals surface area (Å²) in [5.41, 5.74) is 5.12. The van der Waals surface area contributed by atoms with Gasteiger partial charge in [-0.25, -0.2) is 0 Å². The van der Waals surface area contributed by atoms with Gasteiger partial charge in [0.1, 0.15) is 0 Å². The number of nitrogens with one attached hydrogen (secondary N) is 1. The Balaban J connectivity index is 0.00000144. The lowest BCUT2D eigenvalue weighted by atomic mass is 10.4. The maximum Gasteiger partial charge on any atom is 0.234 e. The van der Waals surface area contributed by atoms with Gasteiger partial charge in [0.2, 0.25) is 5.91 Å². The zero-order valence-electron chi connectivity index (χ0n) is 6.75. The third kappa shape index (κ3) is 4.61. The Labute approximate surface area is 95.2 Å². The fourth-order valence-electron chi connectivity index (χ4n) is 0.705. The van der Waals surface area contributed by atoms with E-state index < -0.39 is 0 Å². The van der Waals surface area contributed by atoms with Crippen molar-refractivity contribution in [3.63, 3.8) is 0 Å². The van der Waals surface area contributed by atoms with Crippen LogP contribution in [-0.4, -0.2) is 12.5 Å². The summed E-state index contributed by atoms with van der Waals surface area (Å²) < 4.78 is 1.07. The van der Waals surface area contributed by atoms with Crippen LogP contribution in [0.25, 0.3) is 0 Å². The first-order valence-electron chi connectivity index (χ1n) is 3.43. The largest absolute Gasteiger partial charge is 0.350 e. The topological polar surface area (TPSA) is 55.1 Å². The minimum absolute atomic E-state index is 0. The smallest absolute Gasteiger partial charge is 0.234 e. The van der Waals surface area contributed by atoms with Crippen LogP contribution in [0.4, 0.5) is 0 Å². The van der Waals surface area contributed by atoms with Gasteiger partial charge in [0.25, 0.3) is 0 Å². The molecule has 0 radical (unpaired) electrons. The van der Waals surface area contributed by atoms with Crippen molar-refractivity contribution in [2.24, 2.45) is 5.73 Å². The van der Waals surface area contributed by atoms with Crippen molar-refractivity contribution in [2.75, 3.05) is 6.54 Å². The quantitative estimate of drug-likeness (QED) is 0.884. The molecule has 74 valence electrons. The SMILES string of the molecule is Cl.NCC(=O)NCc1ccc(Br)s1. The molecule has 3 nitrogen and oxygen atoms in total. The molecule has 0 unspecified atom stereocenters. The van der Waals surface area contributed by atoms with Crippen molar-refractivity contribution < 1.29 is 4.79 Å². The van der Waals surface area contributed by atoms with Crippen LogP contribution in [0.2, 0.25) is 0 Å². The first kappa shape index (κ1) is 12.9. The van der Waals surface area contributed by atoms with E-state index in [-0.39, 0.29) is 24.9 Å². The van der Waals surface area contributed by atoms with Gasteiger partial charge in [-0.3, -0.25) is 4.79 Å². The summed E-state index contributed by atoms with van der Waals surface area (Å²) in [4.78, 5) is 11.9. The highest BCUT2D eigenvalue weighted by Gasteiger charge is 1.99. The van der Waals surface area contributed by atoms with Gasteiger partial charge < -0.3 is 11.1 Å². The number of amides is 1. The third-order valence-corrected chi connectivity index (χ3v) is 2.90. The number of hydrogen-bond acceptors (Lipinski definition) is 3. The molecule has 6 heteroatoms. The molecule has 0 spiro atoms. The van der Waals surface area contributed by atoms with Crippen molar-refractivity contribution >= 4 is 45.6 Å². The maximum atomic E-state index is 10.7. The van der Waals surface area contributed by atoms with E-state index in [1.54, 1.807) is 11.3 Å². The molecule has 1 heterocycles. The van der Waals surface area contributed by atoms with Crippen LogP contribution in [0.3, 0.4) is 0 Å². The van der Waals surface area contributed by atoms with Gasteiger partial charge in [0, 0.05) is 4.88 Å². The number of rotatable bonds is 3. The highest BCUT2D eigenvalue weighted by Crippen LogP contribution is 2.21. The van der Waals surface area contributed by atoms with E-state index in [9.17, 15) is 4.79 Å². The summed E-state index contributed by atoms with van der Waals surface area (Å²) in [6.07, 6.45) is 0. The second-order valence-corrected chi connectivity index (χ2v) is 4.73. The van der Waals surface area contributed by atoms with Crippen molar-refractivity contribution in [1.29, 1.82) is 0 Å². The minimum Gasteiger partial charge on any atom is -0.350 e. The van der Waals surface area contributed by atoms with E-state index in [0.29, 0.717) is 6.54 Å². The summed E-state index contributed by atoms with van der Waals surface area (Å²) in [6, 6.07) is 3.92. The summed E-state index contributed by atoms with van der Waals surface area (Å²) in [6.45, 7) is 0.610. The lowest BCUT2D eigenvalue weighted by Crippen LogP contribution is -2.29. The Morgan fingerprint density at radius 2 is 2.31 bits per heavy atom. The standard InChI is InChI=1S/C7H9BrN2OS.ClH/c8-6-2-1-5(12-6)4-10-7(11)3-9;/h1-2H,3-4,9H2,(H,10,11);1H. The highest BCUT2D eigenvalue weighted by molar-refractivity contribution is 9.11. The van der Waals surface area contributed by atoms with Crippen LogP contribution in [-0.2, 0) is 11.3 Å². The van der Waals surface area contributed by atoms with Crippen molar-refractivity contribution in [3.8, 4) is 0 Å². The van der Waals surface area contributed by atoms with Gasteiger partial charge in [-0.1, -0.05) is 0 Å². The molecule has 1 rings (SSSR count). The number of hydrogen-bond donors (Lipinski definition) is 2. The van der Waals surface area contributed by atoms with Gasteiger partial charge in [-0.15, -0.1) is 23.7 Å². The summed E-state index contributed by atoms with van der Waals surface area (Å²) in [5.74, 6) is -0.125. The van der Waals surface area contributed by atoms with Gasteiger partial charge in [0.15, 0.2) is 0 Å². The Hall–Kier alpha value is -0.100. The zero-order chi connectivity index (χ0) is 8.97. The number of thiophene rings is 1. The fraction of sp³-hybridized carbons (Fsp3) is 0.286. The van der Waals surface area contributed by atoms with Gasteiger partial charge in [-0.2, -0.15) is 0 Å². The van der Waals surface area contributed by atoms with Crippen LogP contribution >= 0.6 is 39.7 Å². The van der Waals surface area contributed by atoms with Crippen LogP contribution in [0.1, 0.15) is 4.88 Å². The van der Waals surface area contributed by atoms with Crippen LogP contribution in [0.5, 0.6) is 0 Å². The van der Waals surface area contributed by atoms with Crippen molar-refractivity contribution in [3.05, 3.63) is 20.8 Å². The van der Waals surface area contributed by atoms with E-state index in [2.05, 4.69) is 21.2 Å². The summed E-state index contributed by atoms with van der Waals surface area (Å²) in [7, 11) is 0. The molecule has 0 aliphatic carbocycles. The predicted octanol–water partition coefficient (Wildman–Crippen LogP) is 1.51. The van der Waals surface area contributed by atoms with Crippen LogP contribution < -0.4 is 11.1 Å². The van der Waals surface area contributed by atoms with Crippen LogP contribution in [0.15, 0.2) is 15.9 Å². The number of halogens is 2. The molecule has 1 amide bonds. The first-order chi connectivity index (χ1) is 5.72. The first-order valence-corrected chi connectivity index (χ1v) is 5.04. The lowest BCUT2D eigenvalue weighted by Gasteiger charge is -1.99. The number of carbonyl (C=O) groups excluding carboxylic acids is 1. The summed E-state index contributed by atoms with van der Waals surface area (Å²) >= 11 is 4.94. The average Bonchev–Trinajstić information content (AvgIpc) is 2.47. The molecule has 0 aliphatic heterocycles. The van der Waals surface area contributed by atoms with Gasteiger partial charge in [-0.05, 0) is 28.1 Å². The molecule has 1 aromatic rings. The fourth-order valence-corrected chi connectivity index (χ4v) is 2.13. The minimum atomic E-state index is -0.125. The molecule has 3 N–H and O–H groups in total. The van der Waals surface area contributed by atoms with Crippen LogP contribution in [0, 0.1) is 0 Å². The molecule has 1 aromatic heterocycles. The molecular weight excluding hydrogens is 276 g/mol. The second-order valence-electron chi connectivity index (χ2n) is 2.19. The molecule has 0 bridgehead atoms. The lowest BCUT2D eigenvalue weighted by molar-refractivity contribution is -0.119. The molecule has 0 aliphatic rings. The zero-order valence-corrected chi connectivity index (χ0v) is 9.97. The van der Waals surface area contributed by atoms with E-state index in [4.69, 9.17) is 5.73 Å². The molecule has 0 aromatic carbocycles. The molecular formula is C7H10BrClN2OS. The molecule has 13 heavy (non-hydrogen) atoms. The van der Waals surface area contributed by atoms with Crippen molar-refractivity contribution in [2.45, 2.75) is 6.54 Å². The Morgan fingerprint density at radius 3 is 2.77 bits per heavy atom. The molecule has 0 saturated carbocycles. The number of nitrogens with two attached hydrogens (primary N) is 1. The van der Waals surface area contributed by atoms with Gasteiger partial charge in [0.05, 0.1) is 16.9 Å². The second kappa shape index (κ2) is 6.37. The Bertz CT molecular complexity index is 279. The molecule has 0 atom stereocenters. The van der Waals surface area contributed by atoms with E-state index in [1.807, 2.05) is 12.1 Å². The monoisotopic (exact) mass is 284 g/mol. The Morgan fingerprint density at radius 1 is 1.62 bits per heavy atom. The third-order valence-electron chi connectivity index (χ3n) is 1.27. The maximum absolute atomic E-state index is 10.7. The molecule has 0 saturated heterocycles. The predicted molar refractivity (Wildman–Crippen MR) is 60.2 cm³/mol.